The van der Waals surface area contributed by atoms with Crippen molar-refractivity contribution in [3.8, 4) is 6.07 Å². The lowest BCUT2D eigenvalue weighted by atomic mass is 10.0. The maximum atomic E-state index is 8.82. The lowest BCUT2D eigenvalue weighted by Gasteiger charge is -2.21. The van der Waals surface area contributed by atoms with Crippen molar-refractivity contribution >= 4 is 0 Å². The lowest BCUT2D eigenvalue weighted by Crippen LogP contribution is -2.22. The van der Waals surface area contributed by atoms with Crippen molar-refractivity contribution in [3.05, 3.63) is 70.8 Å². The molecule has 102 valence electrons. The fraction of sp³-hybridized carbons (Fsp3) is 0.278. The standard InChI is InChI=1S/C18H20N2/c1-13-5-4-6-18(11-13)15(3)20-14(2)17-9-7-16(12-19)8-10-17/h4-11,14-15,20H,1-3H3/t14?,15-/m0/s1. The van der Waals surface area contributed by atoms with Crippen LogP contribution in [-0.2, 0) is 0 Å². The van der Waals surface area contributed by atoms with Crippen LogP contribution >= 0.6 is 0 Å². The number of nitriles is 1. The van der Waals surface area contributed by atoms with Crippen LogP contribution in [0, 0.1) is 18.3 Å². The summed E-state index contributed by atoms with van der Waals surface area (Å²) in [7, 11) is 0. The van der Waals surface area contributed by atoms with Gasteiger partial charge in [-0.25, -0.2) is 0 Å². The molecule has 2 atom stereocenters. The highest BCUT2D eigenvalue weighted by atomic mass is 14.9. The van der Waals surface area contributed by atoms with Crippen LogP contribution in [0.2, 0.25) is 0 Å². The first-order valence-corrected chi connectivity index (χ1v) is 6.93. The summed E-state index contributed by atoms with van der Waals surface area (Å²) in [6.07, 6.45) is 0. The van der Waals surface area contributed by atoms with E-state index < -0.39 is 0 Å². The smallest absolute Gasteiger partial charge is 0.0991 e. The van der Waals surface area contributed by atoms with Gasteiger partial charge in [-0.1, -0.05) is 42.0 Å². The number of nitrogens with one attached hydrogen (secondary N) is 1. The van der Waals surface area contributed by atoms with Crippen molar-refractivity contribution in [1.82, 2.24) is 5.32 Å². The minimum Gasteiger partial charge on any atom is -0.304 e. The van der Waals surface area contributed by atoms with Crippen LogP contribution in [0.15, 0.2) is 48.5 Å². The van der Waals surface area contributed by atoms with E-state index in [0.29, 0.717) is 11.6 Å². The van der Waals surface area contributed by atoms with Crippen molar-refractivity contribution in [2.45, 2.75) is 32.9 Å². The van der Waals surface area contributed by atoms with Crippen LogP contribution in [0.25, 0.3) is 0 Å². The Kier molecular flexibility index (Phi) is 4.55. The van der Waals surface area contributed by atoms with Gasteiger partial charge in [-0.15, -0.1) is 0 Å². The average Bonchev–Trinajstić information content (AvgIpc) is 2.47. The van der Waals surface area contributed by atoms with Gasteiger partial charge in [0.2, 0.25) is 0 Å². The summed E-state index contributed by atoms with van der Waals surface area (Å²) >= 11 is 0. The molecular weight excluding hydrogens is 244 g/mol. The maximum absolute atomic E-state index is 8.82. The summed E-state index contributed by atoms with van der Waals surface area (Å²) in [6.45, 7) is 6.43. The maximum Gasteiger partial charge on any atom is 0.0991 e. The monoisotopic (exact) mass is 264 g/mol. The SMILES string of the molecule is Cc1cccc([C@H](C)NC(C)c2ccc(C#N)cc2)c1. The second kappa shape index (κ2) is 6.36. The molecular formula is C18H20N2. The number of rotatable bonds is 4. The molecule has 2 aromatic rings. The Morgan fingerprint density at radius 3 is 2.20 bits per heavy atom. The van der Waals surface area contributed by atoms with E-state index in [0.717, 1.165) is 0 Å². The number of hydrogen-bond donors (Lipinski definition) is 1. The van der Waals surface area contributed by atoms with E-state index in [2.05, 4.69) is 56.4 Å². The predicted octanol–water partition coefficient (Wildman–Crippen LogP) is 4.28. The molecule has 0 bridgehead atoms. The van der Waals surface area contributed by atoms with Gasteiger partial charge in [-0.05, 0) is 44.0 Å². The van der Waals surface area contributed by atoms with Crippen molar-refractivity contribution in [2.24, 2.45) is 0 Å². The first kappa shape index (κ1) is 14.3. The van der Waals surface area contributed by atoms with E-state index in [1.54, 1.807) is 0 Å². The largest absolute Gasteiger partial charge is 0.304 e. The highest BCUT2D eigenvalue weighted by Gasteiger charge is 2.11. The van der Waals surface area contributed by atoms with Crippen LogP contribution in [0.5, 0.6) is 0 Å². The van der Waals surface area contributed by atoms with Crippen molar-refractivity contribution < 1.29 is 0 Å². The number of benzene rings is 2. The first-order valence-electron chi connectivity index (χ1n) is 6.93. The molecule has 0 aliphatic heterocycles. The van der Waals surface area contributed by atoms with Gasteiger partial charge in [0.1, 0.15) is 0 Å². The third kappa shape index (κ3) is 3.46. The lowest BCUT2D eigenvalue weighted by molar-refractivity contribution is 0.494. The topological polar surface area (TPSA) is 35.8 Å². The third-order valence-electron chi connectivity index (χ3n) is 3.58. The van der Waals surface area contributed by atoms with Gasteiger partial charge in [0.15, 0.2) is 0 Å². The Balaban J connectivity index is 2.06. The molecule has 0 saturated heterocycles. The van der Waals surface area contributed by atoms with Gasteiger partial charge in [0.05, 0.1) is 11.6 Å². The van der Waals surface area contributed by atoms with Gasteiger partial charge in [0, 0.05) is 12.1 Å². The highest BCUT2D eigenvalue weighted by Crippen LogP contribution is 2.20. The van der Waals surface area contributed by atoms with Gasteiger partial charge in [0.25, 0.3) is 0 Å². The van der Waals surface area contributed by atoms with Crippen molar-refractivity contribution in [1.29, 1.82) is 5.26 Å². The Morgan fingerprint density at radius 2 is 1.60 bits per heavy atom. The molecule has 0 aromatic heterocycles. The normalized spacial score (nSPS) is 13.5. The fourth-order valence-electron chi connectivity index (χ4n) is 2.35. The molecule has 2 heteroatoms. The summed E-state index contributed by atoms with van der Waals surface area (Å²) in [5.74, 6) is 0. The van der Waals surface area contributed by atoms with Crippen LogP contribution in [0.3, 0.4) is 0 Å². The van der Waals surface area contributed by atoms with Gasteiger partial charge >= 0.3 is 0 Å². The van der Waals surface area contributed by atoms with Crippen molar-refractivity contribution in [2.75, 3.05) is 0 Å². The van der Waals surface area contributed by atoms with Gasteiger partial charge in [-0.3, -0.25) is 0 Å². The molecule has 0 aliphatic rings. The van der Waals surface area contributed by atoms with Gasteiger partial charge < -0.3 is 5.32 Å². The molecule has 20 heavy (non-hydrogen) atoms. The Morgan fingerprint density at radius 1 is 0.950 bits per heavy atom. The molecule has 0 saturated carbocycles. The third-order valence-corrected chi connectivity index (χ3v) is 3.58. The second-order valence-electron chi connectivity index (χ2n) is 5.26. The molecule has 0 radical (unpaired) electrons. The molecule has 0 aliphatic carbocycles. The summed E-state index contributed by atoms with van der Waals surface area (Å²) in [5.41, 5.74) is 4.48. The van der Waals surface area contributed by atoms with Crippen LogP contribution in [0.1, 0.15) is 48.2 Å². The minimum atomic E-state index is 0.248. The zero-order valence-electron chi connectivity index (χ0n) is 12.2. The summed E-state index contributed by atoms with van der Waals surface area (Å²) < 4.78 is 0. The number of hydrogen-bond acceptors (Lipinski definition) is 2. The van der Waals surface area contributed by atoms with Gasteiger partial charge in [-0.2, -0.15) is 5.26 Å². The molecule has 0 amide bonds. The van der Waals surface area contributed by atoms with Crippen LogP contribution in [0.4, 0.5) is 0 Å². The summed E-state index contributed by atoms with van der Waals surface area (Å²) in [4.78, 5) is 0. The number of nitrogens with zero attached hydrogens (tertiary/aromatic N) is 1. The molecule has 0 heterocycles. The molecule has 0 spiro atoms. The fourth-order valence-corrected chi connectivity index (χ4v) is 2.35. The Hall–Kier alpha value is -2.11. The molecule has 1 unspecified atom stereocenters. The van der Waals surface area contributed by atoms with Crippen molar-refractivity contribution in [3.63, 3.8) is 0 Å². The van der Waals surface area contributed by atoms with E-state index in [1.165, 1.54) is 16.7 Å². The minimum absolute atomic E-state index is 0.248. The summed E-state index contributed by atoms with van der Waals surface area (Å²) in [6, 6.07) is 19.0. The predicted molar refractivity (Wildman–Crippen MR) is 82.3 cm³/mol. The summed E-state index contributed by atoms with van der Waals surface area (Å²) in [5, 5.41) is 12.4. The number of aryl methyl sites for hydroxylation is 1. The molecule has 1 N–H and O–H groups in total. The van der Waals surface area contributed by atoms with E-state index >= 15 is 0 Å². The van der Waals surface area contributed by atoms with E-state index in [1.807, 2.05) is 24.3 Å². The molecule has 0 fully saturated rings. The van der Waals surface area contributed by atoms with Crippen LogP contribution < -0.4 is 5.32 Å². The molecule has 2 aromatic carbocycles. The molecule has 2 rings (SSSR count). The Labute approximate surface area is 121 Å². The zero-order chi connectivity index (χ0) is 14.5. The second-order valence-corrected chi connectivity index (χ2v) is 5.26. The zero-order valence-corrected chi connectivity index (χ0v) is 12.2. The van der Waals surface area contributed by atoms with Crippen LogP contribution in [-0.4, -0.2) is 0 Å². The molecule has 2 nitrogen and oxygen atoms in total. The Bertz CT molecular complexity index is 608. The van der Waals surface area contributed by atoms with E-state index in [4.69, 9.17) is 5.26 Å². The van der Waals surface area contributed by atoms with E-state index in [9.17, 15) is 0 Å². The first-order chi connectivity index (χ1) is 9.60. The highest BCUT2D eigenvalue weighted by molar-refractivity contribution is 5.33. The quantitative estimate of drug-likeness (QED) is 0.894. The van der Waals surface area contributed by atoms with E-state index in [-0.39, 0.29) is 6.04 Å². The average molecular weight is 264 g/mol.